The van der Waals surface area contributed by atoms with Gasteiger partial charge in [-0.1, -0.05) is 24.3 Å². The van der Waals surface area contributed by atoms with Crippen molar-refractivity contribution in [1.29, 1.82) is 0 Å². The lowest BCUT2D eigenvalue weighted by molar-refractivity contribution is -0.149. The van der Waals surface area contributed by atoms with E-state index in [9.17, 15) is 9.90 Å². The number of carboxylic acid groups (broad SMARTS) is 1. The van der Waals surface area contributed by atoms with E-state index >= 15 is 0 Å². The highest BCUT2D eigenvalue weighted by atomic mass is 16.4. The first kappa shape index (κ1) is 11.7. The molecule has 1 saturated carbocycles. The van der Waals surface area contributed by atoms with Crippen LogP contribution in [0.4, 0.5) is 0 Å². The Hall–Kier alpha value is -1.35. The first-order chi connectivity index (χ1) is 8.75. The minimum Gasteiger partial charge on any atom is -0.481 e. The van der Waals surface area contributed by atoms with Crippen molar-refractivity contribution in [2.75, 3.05) is 6.54 Å². The van der Waals surface area contributed by atoms with Gasteiger partial charge in [-0.15, -0.1) is 0 Å². The molecular formula is C15H19NO2. The molecule has 0 radical (unpaired) electrons. The third-order valence-electron chi connectivity index (χ3n) is 4.41. The molecular weight excluding hydrogens is 226 g/mol. The number of rotatable bonds is 2. The van der Waals surface area contributed by atoms with Crippen LogP contribution in [-0.2, 0) is 17.8 Å². The van der Waals surface area contributed by atoms with Crippen LogP contribution in [0.3, 0.4) is 0 Å². The maximum absolute atomic E-state index is 11.1. The summed E-state index contributed by atoms with van der Waals surface area (Å²) < 4.78 is 0. The van der Waals surface area contributed by atoms with Gasteiger partial charge < -0.3 is 5.11 Å². The summed E-state index contributed by atoms with van der Waals surface area (Å²) in [6, 6.07) is 8.82. The Balaban J connectivity index is 1.77. The third-order valence-corrected chi connectivity index (χ3v) is 4.41. The predicted octanol–water partition coefficient (Wildman–Crippen LogP) is 2.30. The van der Waals surface area contributed by atoms with Crippen LogP contribution < -0.4 is 0 Å². The van der Waals surface area contributed by atoms with E-state index in [1.807, 2.05) is 0 Å². The Morgan fingerprint density at radius 1 is 1.22 bits per heavy atom. The molecule has 2 unspecified atom stereocenters. The van der Waals surface area contributed by atoms with Crippen LogP contribution in [0.25, 0.3) is 0 Å². The van der Waals surface area contributed by atoms with Crippen LogP contribution in [0.1, 0.15) is 30.4 Å². The van der Waals surface area contributed by atoms with Crippen molar-refractivity contribution in [3.8, 4) is 0 Å². The van der Waals surface area contributed by atoms with Gasteiger partial charge in [0.1, 0.15) is 0 Å². The van der Waals surface area contributed by atoms with Gasteiger partial charge in [-0.2, -0.15) is 0 Å². The second-order valence-corrected chi connectivity index (χ2v) is 5.43. The van der Waals surface area contributed by atoms with Crippen LogP contribution in [0, 0.1) is 5.92 Å². The summed E-state index contributed by atoms with van der Waals surface area (Å²) in [6.45, 7) is 1.95. The second kappa shape index (κ2) is 4.73. The van der Waals surface area contributed by atoms with E-state index in [1.54, 1.807) is 0 Å². The average molecular weight is 245 g/mol. The van der Waals surface area contributed by atoms with Crippen molar-refractivity contribution < 1.29 is 9.90 Å². The Morgan fingerprint density at radius 3 is 2.67 bits per heavy atom. The van der Waals surface area contributed by atoms with Gasteiger partial charge in [0, 0.05) is 12.6 Å². The van der Waals surface area contributed by atoms with Crippen molar-refractivity contribution in [1.82, 2.24) is 4.90 Å². The van der Waals surface area contributed by atoms with Gasteiger partial charge in [-0.05, 0) is 43.4 Å². The Labute approximate surface area is 107 Å². The molecule has 2 aliphatic rings. The topological polar surface area (TPSA) is 40.5 Å². The van der Waals surface area contributed by atoms with E-state index in [0.29, 0.717) is 0 Å². The normalized spacial score (nSPS) is 28.0. The first-order valence-corrected chi connectivity index (χ1v) is 6.79. The molecule has 3 nitrogen and oxygen atoms in total. The largest absolute Gasteiger partial charge is 0.481 e. The molecule has 2 atom stereocenters. The average Bonchev–Trinajstić information content (AvgIpc) is 2.48. The predicted molar refractivity (Wildman–Crippen MR) is 69.3 cm³/mol. The van der Waals surface area contributed by atoms with E-state index in [1.165, 1.54) is 11.1 Å². The van der Waals surface area contributed by atoms with E-state index in [4.69, 9.17) is 0 Å². The lowest BCUT2D eigenvalue weighted by Crippen LogP contribution is -2.49. The minimum atomic E-state index is -0.621. The molecule has 1 aromatic rings. The zero-order chi connectivity index (χ0) is 12.5. The molecule has 0 aromatic heterocycles. The Morgan fingerprint density at radius 2 is 2.00 bits per heavy atom. The highest BCUT2D eigenvalue weighted by molar-refractivity contribution is 5.72. The molecule has 0 bridgehead atoms. The fraction of sp³-hybridized carbons (Fsp3) is 0.533. The number of carbonyl (C=O) groups is 1. The van der Waals surface area contributed by atoms with Crippen molar-refractivity contribution in [2.24, 2.45) is 5.92 Å². The minimum absolute atomic E-state index is 0.143. The second-order valence-electron chi connectivity index (χ2n) is 5.43. The van der Waals surface area contributed by atoms with E-state index in [0.717, 1.165) is 38.8 Å². The standard InChI is InChI=1S/C15H19NO2/c17-15(18)13-7-8-14(13)16-9-3-6-11-4-1-2-5-12(11)10-16/h1-2,4-5,13-14H,3,6-10H2,(H,17,18). The zero-order valence-electron chi connectivity index (χ0n) is 10.5. The number of carboxylic acids is 1. The maximum Gasteiger partial charge on any atom is 0.308 e. The quantitative estimate of drug-likeness (QED) is 0.869. The van der Waals surface area contributed by atoms with Crippen LogP contribution in [0.15, 0.2) is 24.3 Å². The van der Waals surface area contributed by atoms with Crippen LogP contribution >= 0.6 is 0 Å². The van der Waals surface area contributed by atoms with Crippen LogP contribution in [0.5, 0.6) is 0 Å². The number of fused-ring (bicyclic) bond motifs is 1. The zero-order valence-corrected chi connectivity index (χ0v) is 10.5. The van der Waals surface area contributed by atoms with Crippen molar-refractivity contribution in [2.45, 2.75) is 38.3 Å². The number of aryl methyl sites for hydroxylation is 1. The first-order valence-electron chi connectivity index (χ1n) is 6.79. The lowest BCUT2D eigenvalue weighted by Gasteiger charge is -2.42. The summed E-state index contributed by atoms with van der Waals surface area (Å²) in [6.07, 6.45) is 4.15. The molecule has 3 heteroatoms. The molecule has 1 fully saturated rings. The van der Waals surface area contributed by atoms with Gasteiger partial charge in [0.05, 0.1) is 5.92 Å². The molecule has 1 aliphatic carbocycles. The van der Waals surface area contributed by atoms with Crippen molar-refractivity contribution in [3.05, 3.63) is 35.4 Å². The number of nitrogens with zero attached hydrogens (tertiary/aromatic N) is 1. The van der Waals surface area contributed by atoms with Crippen LogP contribution in [-0.4, -0.2) is 28.6 Å². The lowest BCUT2D eigenvalue weighted by atomic mass is 9.78. The molecule has 1 heterocycles. The smallest absolute Gasteiger partial charge is 0.308 e. The molecule has 3 rings (SSSR count). The third kappa shape index (κ3) is 2.03. The van der Waals surface area contributed by atoms with Gasteiger partial charge in [0.2, 0.25) is 0 Å². The van der Waals surface area contributed by atoms with E-state index < -0.39 is 5.97 Å². The summed E-state index contributed by atoms with van der Waals surface area (Å²) in [4.78, 5) is 13.5. The SMILES string of the molecule is O=C(O)C1CCC1N1CCCc2ccccc2C1. The summed E-state index contributed by atoms with van der Waals surface area (Å²) in [5, 5.41) is 9.17. The fourth-order valence-corrected chi connectivity index (χ4v) is 3.22. The molecule has 18 heavy (non-hydrogen) atoms. The molecule has 0 amide bonds. The Kier molecular flexibility index (Phi) is 3.08. The van der Waals surface area contributed by atoms with Crippen molar-refractivity contribution in [3.63, 3.8) is 0 Å². The molecule has 0 spiro atoms. The van der Waals surface area contributed by atoms with Crippen molar-refractivity contribution >= 4 is 5.97 Å². The molecule has 1 aromatic carbocycles. The number of aliphatic carboxylic acids is 1. The summed E-state index contributed by atoms with van der Waals surface area (Å²) in [5.41, 5.74) is 2.82. The Bertz CT molecular complexity index is 458. The van der Waals surface area contributed by atoms with Gasteiger partial charge in [0.25, 0.3) is 0 Å². The molecule has 1 aliphatic heterocycles. The monoisotopic (exact) mass is 245 g/mol. The fourth-order valence-electron chi connectivity index (χ4n) is 3.22. The van der Waals surface area contributed by atoms with E-state index in [2.05, 4.69) is 29.2 Å². The molecule has 1 N–H and O–H groups in total. The number of hydrogen-bond donors (Lipinski definition) is 1. The molecule has 96 valence electrons. The van der Waals surface area contributed by atoms with Crippen LogP contribution in [0.2, 0.25) is 0 Å². The van der Waals surface area contributed by atoms with Gasteiger partial charge in [-0.25, -0.2) is 0 Å². The number of benzene rings is 1. The van der Waals surface area contributed by atoms with Gasteiger partial charge >= 0.3 is 5.97 Å². The number of hydrogen-bond acceptors (Lipinski definition) is 2. The maximum atomic E-state index is 11.1. The van der Waals surface area contributed by atoms with Gasteiger partial charge in [-0.3, -0.25) is 9.69 Å². The highest BCUT2D eigenvalue weighted by Crippen LogP contribution is 2.34. The summed E-state index contributed by atoms with van der Waals surface area (Å²) in [5.74, 6) is -0.765. The molecule has 0 saturated heterocycles. The highest BCUT2D eigenvalue weighted by Gasteiger charge is 2.40. The van der Waals surface area contributed by atoms with E-state index in [-0.39, 0.29) is 12.0 Å². The summed E-state index contributed by atoms with van der Waals surface area (Å²) >= 11 is 0. The summed E-state index contributed by atoms with van der Waals surface area (Å²) in [7, 11) is 0. The van der Waals surface area contributed by atoms with Gasteiger partial charge in [0.15, 0.2) is 0 Å².